The monoisotopic (exact) mass is 215 g/mol. The highest BCUT2D eigenvalue weighted by Gasteiger charge is 2.04. The molecule has 0 aliphatic heterocycles. The maximum atomic E-state index is 9.19. The number of benzene rings is 2. The zero-order chi connectivity index (χ0) is 11.4. The Morgan fingerprint density at radius 3 is 2.50 bits per heavy atom. The van der Waals surface area contributed by atoms with E-state index in [2.05, 4.69) is 0 Å². The average Bonchev–Trinajstić information content (AvgIpc) is 2.33. The molecule has 0 aromatic heterocycles. The van der Waals surface area contributed by atoms with Gasteiger partial charge in [-0.1, -0.05) is 18.2 Å². The fourth-order valence-electron chi connectivity index (χ4n) is 1.44. The molecule has 0 saturated heterocycles. The van der Waals surface area contributed by atoms with Crippen molar-refractivity contribution in [3.8, 4) is 11.5 Å². The third-order valence-electron chi connectivity index (χ3n) is 2.23. The van der Waals surface area contributed by atoms with E-state index in [-0.39, 0.29) is 6.61 Å². The van der Waals surface area contributed by atoms with Crippen molar-refractivity contribution in [2.45, 2.75) is 6.61 Å². The van der Waals surface area contributed by atoms with Crippen LogP contribution in [0.3, 0.4) is 0 Å². The number of rotatable bonds is 3. The number of aliphatic hydroxyl groups excluding tert-OH is 1. The highest BCUT2D eigenvalue weighted by molar-refractivity contribution is 5.48. The predicted molar refractivity (Wildman–Crippen MR) is 63.3 cm³/mol. The normalized spacial score (nSPS) is 10.1. The standard InChI is InChI=1S/C13H13NO2/c14-11-6-7-13(10(8-11)9-15)16-12-4-2-1-3-5-12/h1-8,15H,9,14H2. The second kappa shape index (κ2) is 4.68. The van der Waals surface area contributed by atoms with Crippen molar-refractivity contribution in [2.24, 2.45) is 0 Å². The summed E-state index contributed by atoms with van der Waals surface area (Å²) >= 11 is 0. The van der Waals surface area contributed by atoms with E-state index in [0.717, 1.165) is 5.75 Å². The molecule has 2 aromatic carbocycles. The molecule has 0 bridgehead atoms. The van der Waals surface area contributed by atoms with Gasteiger partial charge in [0, 0.05) is 11.3 Å². The Kier molecular flexibility index (Phi) is 3.08. The summed E-state index contributed by atoms with van der Waals surface area (Å²) in [4.78, 5) is 0. The highest BCUT2D eigenvalue weighted by atomic mass is 16.5. The summed E-state index contributed by atoms with van der Waals surface area (Å²) in [6.07, 6.45) is 0. The number of aliphatic hydroxyl groups is 1. The first-order valence-corrected chi connectivity index (χ1v) is 5.02. The van der Waals surface area contributed by atoms with Gasteiger partial charge in [0.05, 0.1) is 6.61 Å². The number of hydrogen-bond donors (Lipinski definition) is 2. The van der Waals surface area contributed by atoms with E-state index < -0.39 is 0 Å². The molecular weight excluding hydrogens is 202 g/mol. The first-order chi connectivity index (χ1) is 7.79. The number of anilines is 1. The minimum atomic E-state index is -0.0901. The topological polar surface area (TPSA) is 55.5 Å². The summed E-state index contributed by atoms with van der Waals surface area (Å²) in [5.41, 5.74) is 6.93. The zero-order valence-electron chi connectivity index (χ0n) is 8.76. The minimum absolute atomic E-state index is 0.0901. The van der Waals surface area contributed by atoms with Crippen LogP contribution in [-0.4, -0.2) is 5.11 Å². The van der Waals surface area contributed by atoms with Gasteiger partial charge in [-0.05, 0) is 30.3 Å². The molecule has 0 saturated carbocycles. The third-order valence-corrected chi connectivity index (χ3v) is 2.23. The van der Waals surface area contributed by atoms with Crippen LogP contribution in [0.2, 0.25) is 0 Å². The molecule has 2 rings (SSSR count). The average molecular weight is 215 g/mol. The lowest BCUT2D eigenvalue weighted by Crippen LogP contribution is -1.94. The van der Waals surface area contributed by atoms with E-state index in [1.165, 1.54) is 0 Å². The van der Waals surface area contributed by atoms with Crippen LogP contribution in [0.15, 0.2) is 48.5 Å². The van der Waals surface area contributed by atoms with Crippen LogP contribution < -0.4 is 10.5 Å². The van der Waals surface area contributed by atoms with Gasteiger partial charge in [0.15, 0.2) is 0 Å². The van der Waals surface area contributed by atoms with Crippen LogP contribution in [0.25, 0.3) is 0 Å². The summed E-state index contributed by atoms with van der Waals surface area (Å²) in [6.45, 7) is -0.0901. The van der Waals surface area contributed by atoms with Crippen LogP contribution >= 0.6 is 0 Å². The molecule has 0 amide bonds. The molecule has 16 heavy (non-hydrogen) atoms. The number of ether oxygens (including phenoxy) is 1. The van der Waals surface area contributed by atoms with Crippen LogP contribution in [-0.2, 0) is 6.61 Å². The number of para-hydroxylation sites is 1. The number of nitrogen functional groups attached to an aromatic ring is 1. The molecule has 0 unspecified atom stereocenters. The molecule has 82 valence electrons. The number of hydrogen-bond acceptors (Lipinski definition) is 3. The van der Waals surface area contributed by atoms with Crippen LogP contribution in [0.1, 0.15) is 5.56 Å². The van der Waals surface area contributed by atoms with Crippen molar-refractivity contribution in [2.75, 3.05) is 5.73 Å². The molecule has 0 aliphatic carbocycles. The lowest BCUT2D eigenvalue weighted by Gasteiger charge is -2.10. The molecule has 0 aliphatic rings. The molecule has 0 heterocycles. The predicted octanol–water partition coefficient (Wildman–Crippen LogP) is 2.55. The summed E-state index contributed by atoms with van der Waals surface area (Å²) in [6, 6.07) is 14.6. The van der Waals surface area contributed by atoms with E-state index in [1.807, 2.05) is 30.3 Å². The van der Waals surface area contributed by atoms with Crippen LogP contribution in [0, 0.1) is 0 Å². The lowest BCUT2D eigenvalue weighted by molar-refractivity contribution is 0.276. The molecule has 3 nitrogen and oxygen atoms in total. The minimum Gasteiger partial charge on any atom is -0.457 e. The Morgan fingerprint density at radius 1 is 1.06 bits per heavy atom. The quantitative estimate of drug-likeness (QED) is 0.773. The van der Waals surface area contributed by atoms with E-state index in [9.17, 15) is 5.11 Å². The lowest BCUT2D eigenvalue weighted by atomic mass is 10.2. The molecule has 0 fully saturated rings. The summed E-state index contributed by atoms with van der Waals surface area (Å²) < 4.78 is 5.64. The van der Waals surface area contributed by atoms with Crippen LogP contribution in [0.4, 0.5) is 5.69 Å². The Labute approximate surface area is 94.1 Å². The fourth-order valence-corrected chi connectivity index (χ4v) is 1.44. The third kappa shape index (κ3) is 2.32. The fraction of sp³-hybridized carbons (Fsp3) is 0.0769. The molecule has 0 atom stereocenters. The van der Waals surface area contributed by atoms with Gasteiger partial charge in [0.25, 0.3) is 0 Å². The van der Waals surface area contributed by atoms with Crippen LogP contribution in [0.5, 0.6) is 11.5 Å². The second-order valence-electron chi connectivity index (χ2n) is 3.44. The van der Waals surface area contributed by atoms with Crippen molar-refractivity contribution in [1.82, 2.24) is 0 Å². The highest BCUT2D eigenvalue weighted by Crippen LogP contribution is 2.26. The molecule has 0 spiro atoms. The van der Waals surface area contributed by atoms with Gasteiger partial charge >= 0.3 is 0 Å². The van der Waals surface area contributed by atoms with Gasteiger partial charge < -0.3 is 15.6 Å². The Bertz CT molecular complexity index is 469. The van der Waals surface area contributed by atoms with Gasteiger partial charge in [0.1, 0.15) is 11.5 Å². The first-order valence-electron chi connectivity index (χ1n) is 5.02. The van der Waals surface area contributed by atoms with Crippen molar-refractivity contribution in [1.29, 1.82) is 0 Å². The second-order valence-corrected chi connectivity index (χ2v) is 3.44. The summed E-state index contributed by atoms with van der Waals surface area (Å²) in [5.74, 6) is 1.37. The van der Waals surface area contributed by atoms with Crippen molar-refractivity contribution < 1.29 is 9.84 Å². The Hall–Kier alpha value is -2.00. The summed E-state index contributed by atoms with van der Waals surface area (Å²) in [7, 11) is 0. The van der Waals surface area contributed by atoms with Gasteiger partial charge in [-0.2, -0.15) is 0 Å². The molecule has 3 N–H and O–H groups in total. The smallest absolute Gasteiger partial charge is 0.133 e. The maximum absolute atomic E-state index is 9.19. The Morgan fingerprint density at radius 2 is 1.81 bits per heavy atom. The van der Waals surface area contributed by atoms with Crippen molar-refractivity contribution in [3.05, 3.63) is 54.1 Å². The molecular formula is C13H13NO2. The van der Waals surface area contributed by atoms with Gasteiger partial charge in [-0.25, -0.2) is 0 Å². The Balaban J connectivity index is 2.28. The van der Waals surface area contributed by atoms with Crippen molar-refractivity contribution >= 4 is 5.69 Å². The van der Waals surface area contributed by atoms with E-state index >= 15 is 0 Å². The van der Waals surface area contributed by atoms with Gasteiger partial charge in [-0.15, -0.1) is 0 Å². The molecule has 0 radical (unpaired) electrons. The first kappa shape index (κ1) is 10.5. The zero-order valence-corrected chi connectivity index (χ0v) is 8.76. The molecule has 3 heteroatoms. The van der Waals surface area contributed by atoms with E-state index in [1.54, 1.807) is 18.2 Å². The van der Waals surface area contributed by atoms with E-state index in [4.69, 9.17) is 10.5 Å². The largest absolute Gasteiger partial charge is 0.457 e. The van der Waals surface area contributed by atoms with Gasteiger partial charge in [-0.3, -0.25) is 0 Å². The number of nitrogens with two attached hydrogens (primary N) is 1. The summed E-state index contributed by atoms with van der Waals surface area (Å²) in [5, 5.41) is 9.19. The maximum Gasteiger partial charge on any atom is 0.133 e. The van der Waals surface area contributed by atoms with Gasteiger partial charge in [0.2, 0.25) is 0 Å². The van der Waals surface area contributed by atoms with Crippen molar-refractivity contribution in [3.63, 3.8) is 0 Å². The molecule has 2 aromatic rings. The SMILES string of the molecule is Nc1ccc(Oc2ccccc2)c(CO)c1. The van der Waals surface area contributed by atoms with E-state index in [0.29, 0.717) is 17.0 Å².